The second-order valence-electron chi connectivity index (χ2n) is 9.03. The van der Waals surface area contributed by atoms with Crippen LogP contribution in [0.2, 0.25) is 0 Å². The van der Waals surface area contributed by atoms with Crippen LogP contribution in [0, 0.1) is 11.8 Å². The van der Waals surface area contributed by atoms with Gasteiger partial charge in [-0.15, -0.1) is 0 Å². The third-order valence-electron chi connectivity index (χ3n) is 6.95. The fourth-order valence-corrected chi connectivity index (χ4v) is 4.60. The normalized spacial score (nSPS) is 22.2. The van der Waals surface area contributed by atoms with Crippen LogP contribution in [0.3, 0.4) is 0 Å². The van der Waals surface area contributed by atoms with Gasteiger partial charge >= 0.3 is 12.1 Å². The van der Waals surface area contributed by atoms with E-state index < -0.39 is 42.1 Å². The summed E-state index contributed by atoms with van der Waals surface area (Å²) in [7, 11) is 1.77. The number of likely N-dealkylation sites (N-methyl/N-ethyl adjacent to an activating group) is 1. The number of hydrogen-bond acceptors (Lipinski definition) is 4. The monoisotopic (exact) mass is 469 g/mol. The number of nitrogens with zero attached hydrogens (tertiary/aromatic N) is 2. The predicted octanol–water partition coefficient (Wildman–Crippen LogP) is 3.27. The molecule has 2 amide bonds. The number of carboxylic acid groups (broad SMARTS) is 1. The topological polar surface area (TPSA) is 104 Å². The molecule has 0 radical (unpaired) electrons. The van der Waals surface area contributed by atoms with Gasteiger partial charge < -0.3 is 20.6 Å². The standard InChI is InChI=1S/C23H30F3N3O4/c1-28(17-3-2-4-17)22(33)20(27)14-5-7-15(8-6-14)21(32)29(13-19(30)31)18-11-9-16(10-12-18)23(24,25)26/h9-12,14-15,17,20H,2-8,13,27H2,1H3,(H,30,31)/t14?,15?,20-/m0/s1. The van der Waals surface area contributed by atoms with Crippen LogP contribution in [0.5, 0.6) is 0 Å². The highest BCUT2D eigenvalue weighted by molar-refractivity contribution is 5.98. The molecule has 33 heavy (non-hydrogen) atoms. The summed E-state index contributed by atoms with van der Waals surface area (Å²) in [5.41, 5.74) is 5.47. The highest BCUT2D eigenvalue weighted by atomic mass is 19.4. The number of carbonyl (C=O) groups is 3. The SMILES string of the molecule is CN(C(=O)[C@@H](N)C1CCC(C(=O)N(CC(=O)O)c2ccc(C(F)(F)F)cc2)CC1)C1CCC1. The molecule has 2 aliphatic carbocycles. The molecule has 0 saturated heterocycles. The number of anilines is 1. The first kappa shape index (κ1) is 25.0. The second kappa shape index (κ2) is 10.1. The molecule has 0 aromatic heterocycles. The fraction of sp³-hybridized carbons (Fsp3) is 0.609. The molecular weight excluding hydrogens is 439 g/mol. The van der Waals surface area contributed by atoms with Crippen LogP contribution in [-0.4, -0.2) is 53.5 Å². The smallest absolute Gasteiger partial charge is 0.416 e. The Morgan fingerprint density at radius 1 is 1.06 bits per heavy atom. The predicted molar refractivity (Wildman–Crippen MR) is 115 cm³/mol. The lowest BCUT2D eigenvalue weighted by molar-refractivity contribution is -0.138. The van der Waals surface area contributed by atoms with Crippen molar-refractivity contribution in [1.29, 1.82) is 0 Å². The van der Waals surface area contributed by atoms with E-state index in [1.807, 2.05) is 0 Å². The number of aliphatic carboxylic acids is 1. The van der Waals surface area contributed by atoms with E-state index in [1.54, 1.807) is 11.9 Å². The zero-order valence-electron chi connectivity index (χ0n) is 18.6. The van der Waals surface area contributed by atoms with Crippen LogP contribution >= 0.6 is 0 Å². The Hall–Kier alpha value is -2.62. The summed E-state index contributed by atoms with van der Waals surface area (Å²) in [6.45, 7) is -0.645. The van der Waals surface area contributed by atoms with E-state index in [0.717, 1.165) is 48.4 Å². The molecule has 2 aliphatic rings. The molecule has 0 unspecified atom stereocenters. The Balaban J connectivity index is 1.63. The van der Waals surface area contributed by atoms with Crippen molar-refractivity contribution in [3.8, 4) is 0 Å². The van der Waals surface area contributed by atoms with Gasteiger partial charge in [-0.2, -0.15) is 13.2 Å². The Labute approximate surface area is 190 Å². The molecule has 1 aromatic carbocycles. The van der Waals surface area contributed by atoms with Crippen LogP contribution in [0.1, 0.15) is 50.5 Å². The first-order valence-corrected chi connectivity index (χ1v) is 11.2. The van der Waals surface area contributed by atoms with Gasteiger partial charge in [-0.25, -0.2) is 0 Å². The summed E-state index contributed by atoms with van der Waals surface area (Å²) >= 11 is 0. The maximum Gasteiger partial charge on any atom is 0.416 e. The van der Waals surface area contributed by atoms with Crippen LogP contribution in [0.4, 0.5) is 18.9 Å². The van der Waals surface area contributed by atoms with E-state index >= 15 is 0 Å². The zero-order valence-corrected chi connectivity index (χ0v) is 18.6. The Bertz CT molecular complexity index is 863. The number of nitrogens with two attached hydrogens (primary N) is 1. The summed E-state index contributed by atoms with van der Waals surface area (Å²) in [6, 6.07) is 3.49. The van der Waals surface area contributed by atoms with E-state index in [2.05, 4.69) is 0 Å². The van der Waals surface area contributed by atoms with Gasteiger partial charge in [0.1, 0.15) is 6.54 Å². The number of alkyl halides is 3. The van der Waals surface area contributed by atoms with Crippen molar-refractivity contribution in [3.05, 3.63) is 29.8 Å². The lowest BCUT2D eigenvalue weighted by Crippen LogP contribution is -2.52. The Morgan fingerprint density at radius 3 is 2.09 bits per heavy atom. The van der Waals surface area contributed by atoms with Gasteiger partial charge in [-0.05, 0) is 75.1 Å². The molecule has 2 fully saturated rings. The summed E-state index contributed by atoms with van der Waals surface area (Å²) in [5.74, 6) is -2.34. The van der Waals surface area contributed by atoms with Gasteiger partial charge in [0.2, 0.25) is 11.8 Å². The van der Waals surface area contributed by atoms with Crippen LogP contribution in [0.15, 0.2) is 24.3 Å². The van der Waals surface area contributed by atoms with Crippen LogP contribution in [-0.2, 0) is 20.6 Å². The van der Waals surface area contributed by atoms with Gasteiger partial charge in [0.15, 0.2) is 0 Å². The average molecular weight is 470 g/mol. The van der Waals surface area contributed by atoms with Crippen molar-refractivity contribution in [3.63, 3.8) is 0 Å². The Kier molecular flexibility index (Phi) is 7.66. The number of hydrogen-bond donors (Lipinski definition) is 2. The van der Waals surface area contributed by atoms with Crippen LogP contribution in [0.25, 0.3) is 0 Å². The molecule has 0 spiro atoms. The van der Waals surface area contributed by atoms with Crippen molar-refractivity contribution in [2.45, 2.75) is 63.2 Å². The number of carboxylic acids is 1. The number of halogens is 3. The molecule has 1 aromatic rings. The zero-order chi connectivity index (χ0) is 24.3. The molecule has 7 nitrogen and oxygen atoms in total. The van der Waals surface area contributed by atoms with Gasteiger partial charge in [-0.1, -0.05) is 0 Å². The molecule has 3 N–H and O–H groups in total. The molecule has 182 valence electrons. The van der Waals surface area contributed by atoms with E-state index in [1.165, 1.54) is 0 Å². The fourth-order valence-electron chi connectivity index (χ4n) is 4.60. The van der Waals surface area contributed by atoms with Crippen molar-refractivity contribution >= 4 is 23.5 Å². The molecule has 0 bridgehead atoms. The third kappa shape index (κ3) is 5.85. The average Bonchev–Trinajstić information content (AvgIpc) is 2.74. The van der Waals surface area contributed by atoms with E-state index in [0.29, 0.717) is 25.7 Å². The van der Waals surface area contributed by atoms with E-state index in [-0.39, 0.29) is 23.6 Å². The summed E-state index contributed by atoms with van der Waals surface area (Å²) < 4.78 is 38.5. The second-order valence-corrected chi connectivity index (χ2v) is 9.03. The first-order chi connectivity index (χ1) is 15.5. The molecule has 3 rings (SSSR count). The van der Waals surface area contributed by atoms with Crippen molar-refractivity contribution in [1.82, 2.24) is 4.90 Å². The van der Waals surface area contributed by atoms with Gasteiger partial charge in [0.25, 0.3) is 0 Å². The van der Waals surface area contributed by atoms with Gasteiger partial charge in [-0.3, -0.25) is 14.4 Å². The van der Waals surface area contributed by atoms with Crippen molar-refractivity contribution in [2.75, 3.05) is 18.5 Å². The maximum absolute atomic E-state index is 13.1. The molecule has 0 heterocycles. The van der Waals surface area contributed by atoms with Crippen LogP contribution < -0.4 is 10.6 Å². The minimum atomic E-state index is -4.53. The summed E-state index contributed by atoms with van der Waals surface area (Å²) in [5, 5.41) is 9.24. The summed E-state index contributed by atoms with van der Waals surface area (Å²) in [6.07, 6.45) is 0.533. The maximum atomic E-state index is 13.1. The quantitative estimate of drug-likeness (QED) is 0.638. The number of carbonyl (C=O) groups excluding carboxylic acids is 2. The molecule has 0 aliphatic heterocycles. The molecule has 10 heteroatoms. The van der Waals surface area contributed by atoms with Crippen molar-refractivity contribution in [2.24, 2.45) is 17.6 Å². The minimum Gasteiger partial charge on any atom is -0.480 e. The lowest BCUT2D eigenvalue weighted by atomic mass is 9.77. The molecule has 1 atom stereocenters. The number of amides is 2. The lowest BCUT2D eigenvalue weighted by Gasteiger charge is -2.39. The highest BCUT2D eigenvalue weighted by Gasteiger charge is 2.37. The Morgan fingerprint density at radius 2 is 1.64 bits per heavy atom. The third-order valence-corrected chi connectivity index (χ3v) is 6.95. The summed E-state index contributed by atoms with van der Waals surface area (Å²) in [4.78, 5) is 39.9. The van der Waals surface area contributed by atoms with E-state index in [9.17, 15) is 32.7 Å². The highest BCUT2D eigenvalue weighted by Crippen LogP contribution is 2.35. The molecule has 2 saturated carbocycles. The minimum absolute atomic E-state index is 0.0666. The van der Waals surface area contributed by atoms with Gasteiger partial charge in [0, 0.05) is 24.7 Å². The molecular formula is C23H30F3N3O4. The number of benzene rings is 1. The largest absolute Gasteiger partial charge is 0.480 e. The number of rotatable bonds is 7. The van der Waals surface area contributed by atoms with Crippen molar-refractivity contribution < 1.29 is 32.7 Å². The van der Waals surface area contributed by atoms with E-state index in [4.69, 9.17) is 5.73 Å². The van der Waals surface area contributed by atoms with Gasteiger partial charge in [0.05, 0.1) is 11.6 Å². The first-order valence-electron chi connectivity index (χ1n) is 11.2.